The maximum Gasteiger partial charge on any atom is 1.00 e. The minimum atomic E-state index is -1.40. The maximum absolute atomic E-state index is 10.6. The smallest absolute Gasteiger partial charge is 0.548 e. The molecule has 0 aliphatic rings. The van der Waals surface area contributed by atoms with Gasteiger partial charge in [-0.3, -0.25) is 0 Å². The third-order valence-corrected chi connectivity index (χ3v) is 1.80. The zero-order valence-corrected chi connectivity index (χ0v) is 9.78. The first kappa shape index (κ1) is 12.7. The second kappa shape index (κ2) is 4.77. The van der Waals surface area contributed by atoms with Crippen molar-refractivity contribution >= 4 is 5.97 Å². The largest absolute Gasteiger partial charge is 1.00 e. The van der Waals surface area contributed by atoms with Crippen LogP contribution in [0.25, 0.3) is 0 Å². The topological polar surface area (TPSA) is 66.2 Å². The van der Waals surface area contributed by atoms with Crippen molar-refractivity contribution in [3.63, 3.8) is 0 Å². The number of aliphatic carboxylic acids is 1. The summed E-state index contributed by atoms with van der Waals surface area (Å²) in [6.07, 6.45) is 0. The third kappa shape index (κ3) is 2.81. The number of carboxylic acids is 1. The second-order valence-corrected chi connectivity index (χ2v) is 2.86. The monoisotopic (exact) mass is 187 g/mol. The number of benzene rings is 1. The van der Waals surface area contributed by atoms with Gasteiger partial charge >= 0.3 is 29.6 Å². The number of hydrogen-bond acceptors (Lipinski definition) is 3. The molecule has 0 aliphatic carbocycles. The molecule has 3 nitrogen and oxygen atoms in total. The minimum Gasteiger partial charge on any atom is -0.548 e. The predicted molar refractivity (Wildman–Crippen MR) is 43.0 cm³/mol. The quantitative estimate of drug-likeness (QED) is 0.491. The van der Waals surface area contributed by atoms with Gasteiger partial charge in [0.1, 0.15) is 0 Å². The summed E-state index contributed by atoms with van der Waals surface area (Å²) in [5.41, 5.74) is 4.66. The fraction of sp³-hybridized carbons (Fsp3) is 0.222. The molecule has 1 aromatic rings. The Morgan fingerprint density at radius 2 is 1.85 bits per heavy atom. The molecule has 2 N–H and O–H groups in total. The van der Waals surface area contributed by atoms with Gasteiger partial charge < -0.3 is 15.6 Å². The molecular formula is C9H10NNaO2. The van der Waals surface area contributed by atoms with E-state index in [4.69, 9.17) is 5.73 Å². The van der Waals surface area contributed by atoms with Crippen LogP contribution in [-0.2, 0) is 10.3 Å². The van der Waals surface area contributed by atoms with Gasteiger partial charge in [-0.2, -0.15) is 0 Å². The molecule has 0 amide bonds. The molecule has 0 spiro atoms. The van der Waals surface area contributed by atoms with Crippen LogP contribution in [0, 0.1) is 0 Å². The fourth-order valence-corrected chi connectivity index (χ4v) is 0.902. The Morgan fingerprint density at radius 3 is 2.23 bits per heavy atom. The van der Waals surface area contributed by atoms with Crippen LogP contribution in [-0.4, -0.2) is 5.97 Å². The first-order valence-electron chi connectivity index (χ1n) is 3.61. The molecular weight excluding hydrogens is 177 g/mol. The number of carboxylic acid groups (broad SMARTS) is 1. The van der Waals surface area contributed by atoms with E-state index in [1.165, 1.54) is 6.92 Å². The predicted octanol–water partition coefficient (Wildman–Crippen LogP) is -3.39. The molecule has 13 heavy (non-hydrogen) atoms. The molecule has 4 heteroatoms. The Hall–Kier alpha value is -0.350. The molecule has 0 saturated heterocycles. The molecule has 64 valence electrons. The van der Waals surface area contributed by atoms with Gasteiger partial charge in [-0.1, -0.05) is 30.3 Å². The average molecular weight is 187 g/mol. The van der Waals surface area contributed by atoms with Crippen molar-refractivity contribution in [1.82, 2.24) is 0 Å². The number of carbonyl (C=O) groups excluding carboxylic acids is 1. The Labute approximate surface area is 99.2 Å². The van der Waals surface area contributed by atoms with E-state index in [1.54, 1.807) is 30.3 Å². The summed E-state index contributed by atoms with van der Waals surface area (Å²) in [5, 5.41) is 10.6. The Kier molecular flexibility index (Phi) is 4.64. The molecule has 0 aromatic heterocycles. The molecule has 1 aromatic carbocycles. The van der Waals surface area contributed by atoms with Gasteiger partial charge in [0.25, 0.3) is 0 Å². The van der Waals surface area contributed by atoms with Crippen molar-refractivity contribution in [2.75, 3.05) is 0 Å². The van der Waals surface area contributed by atoms with Crippen molar-refractivity contribution in [1.29, 1.82) is 0 Å². The van der Waals surface area contributed by atoms with E-state index in [9.17, 15) is 9.90 Å². The summed E-state index contributed by atoms with van der Waals surface area (Å²) in [7, 11) is 0. The van der Waals surface area contributed by atoms with Gasteiger partial charge in [0.05, 0.1) is 11.5 Å². The van der Waals surface area contributed by atoms with Crippen LogP contribution >= 0.6 is 0 Å². The maximum atomic E-state index is 10.6. The van der Waals surface area contributed by atoms with E-state index in [2.05, 4.69) is 0 Å². The molecule has 0 bridgehead atoms. The number of nitrogens with two attached hydrogens (primary N) is 1. The van der Waals surface area contributed by atoms with E-state index in [0.29, 0.717) is 5.56 Å². The summed E-state index contributed by atoms with van der Waals surface area (Å²) in [6.45, 7) is 1.41. The van der Waals surface area contributed by atoms with Crippen molar-refractivity contribution in [3.05, 3.63) is 35.9 Å². The van der Waals surface area contributed by atoms with Crippen LogP contribution in [0.1, 0.15) is 12.5 Å². The Bertz CT molecular complexity index is 285. The zero-order chi connectivity index (χ0) is 9.19. The summed E-state index contributed by atoms with van der Waals surface area (Å²) in [4.78, 5) is 10.6. The molecule has 0 saturated carbocycles. The van der Waals surface area contributed by atoms with Gasteiger partial charge in [0.15, 0.2) is 0 Å². The second-order valence-electron chi connectivity index (χ2n) is 2.86. The third-order valence-electron chi connectivity index (χ3n) is 1.80. The Morgan fingerprint density at radius 1 is 1.38 bits per heavy atom. The van der Waals surface area contributed by atoms with Gasteiger partial charge in [-0.25, -0.2) is 0 Å². The molecule has 0 fully saturated rings. The summed E-state index contributed by atoms with van der Waals surface area (Å²) >= 11 is 0. The summed E-state index contributed by atoms with van der Waals surface area (Å²) < 4.78 is 0. The standard InChI is InChI=1S/C9H11NO2.Na/c1-9(10,8(11)12)7-5-3-2-4-6-7;/h2-6H,10H2,1H3,(H,11,12);/q;+1/p-1/t9-;/m0./s1. The van der Waals surface area contributed by atoms with Gasteiger partial charge in [-0.15, -0.1) is 0 Å². The van der Waals surface area contributed by atoms with E-state index in [1.807, 2.05) is 0 Å². The number of carbonyl (C=O) groups is 1. The normalized spacial score (nSPS) is 14.0. The van der Waals surface area contributed by atoms with Crippen LogP contribution < -0.4 is 40.4 Å². The van der Waals surface area contributed by atoms with Crippen molar-refractivity contribution in [2.24, 2.45) is 5.73 Å². The van der Waals surface area contributed by atoms with Crippen molar-refractivity contribution in [3.8, 4) is 0 Å². The SMILES string of the molecule is C[C@@](N)(C(=O)[O-])c1ccccc1.[Na+]. The molecule has 0 heterocycles. The van der Waals surface area contributed by atoms with Crippen LogP contribution in [0.4, 0.5) is 0 Å². The van der Waals surface area contributed by atoms with Gasteiger partial charge in [0.2, 0.25) is 0 Å². The van der Waals surface area contributed by atoms with Crippen LogP contribution in [0.5, 0.6) is 0 Å². The van der Waals surface area contributed by atoms with Gasteiger partial charge in [0, 0.05) is 0 Å². The summed E-state index contributed by atoms with van der Waals surface area (Å²) in [5.74, 6) is -1.27. The van der Waals surface area contributed by atoms with Crippen molar-refractivity contribution < 1.29 is 39.5 Å². The number of rotatable bonds is 2. The van der Waals surface area contributed by atoms with Crippen LogP contribution in [0.3, 0.4) is 0 Å². The van der Waals surface area contributed by atoms with E-state index in [-0.39, 0.29) is 29.6 Å². The fourth-order valence-electron chi connectivity index (χ4n) is 0.902. The minimum absolute atomic E-state index is 0. The van der Waals surface area contributed by atoms with E-state index >= 15 is 0 Å². The average Bonchev–Trinajstić information content (AvgIpc) is 2.06. The molecule has 0 radical (unpaired) electrons. The van der Waals surface area contributed by atoms with E-state index < -0.39 is 11.5 Å². The molecule has 1 atom stereocenters. The van der Waals surface area contributed by atoms with Crippen LogP contribution in [0.15, 0.2) is 30.3 Å². The van der Waals surface area contributed by atoms with Crippen molar-refractivity contribution in [2.45, 2.75) is 12.5 Å². The molecule has 0 unspecified atom stereocenters. The number of hydrogen-bond donors (Lipinski definition) is 1. The molecule has 0 aliphatic heterocycles. The van der Waals surface area contributed by atoms with Gasteiger partial charge in [-0.05, 0) is 12.5 Å². The first-order chi connectivity index (χ1) is 5.55. The van der Waals surface area contributed by atoms with E-state index in [0.717, 1.165) is 0 Å². The zero-order valence-electron chi connectivity index (χ0n) is 7.78. The molecule has 1 rings (SSSR count). The van der Waals surface area contributed by atoms with Crippen LogP contribution in [0.2, 0.25) is 0 Å². The Balaban J connectivity index is 0.00000144. The summed E-state index contributed by atoms with van der Waals surface area (Å²) in [6, 6.07) is 8.60. The first-order valence-corrected chi connectivity index (χ1v) is 3.61.